The number of ether oxygens (including phenoxy) is 1. The number of amides is 1. The second-order valence-electron chi connectivity index (χ2n) is 5.71. The zero-order valence-corrected chi connectivity index (χ0v) is 11.7. The van der Waals surface area contributed by atoms with E-state index in [1.54, 1.807) is 0 Å². The van der Waals surface area contributed by atoms with E-state index in [-0.39, 0.29) is 11.8 Å². The Hall–Kier alpha value is -1.55. The Morgan fingerprint density at radius 2 is 2.15 bits per heavy atom. The predicted molar refractivity (Wildman–Crippen MR) is 77.8 cm³/mol. The summed E-state index contributed by atoms with van der Waals surface area (Å²) < 4.78 is 5.70. The molecule has 2 aliphatic rings. The van der Waals surface area contributed by atoms with Crippen LogP contribution in [0.5, 0.6) is 5.75 Å². The van der Waals surface area contributed by atoms with Crippen LogP contribution in [0.3, 0.4) is 0 Å². The van der Waals surface area contributed by atoms with Gasteiger partial charge in [0.05, 0.1) is 5.92 Å². The number of carbonyl (C=O) groups excluding carboxylic acids is 1. The van der Waals surface area contributed by atoms with Gasteiger partial charge in [0.2, 0.25) is 5.91 Å². The summed E-state index contributed by atoms with van der Waals surface area (Å²) in [7, 11) is 0. The molecular formula is C16H22N2O2. The quantitative estimate of drug-likeness (QED) is 0.859. The molecule has 4 heteroatoms. The summed E-state index contributed by atoms with van der Waals surface area (Å²) in [6.07, 6.45) is 4.01. The summed E-state index contributed by atoms with van der Waals surface area (Å²) in [5.41, 5.74) is 1.14. The van der Waals surface area contributed by atoms with Gasteiger partial charge in [0.1, 0.15) is 12.4 Å². The fourth-order valence-electron chi connectivity index (χ4n) is 2.98. The van der Waals surface area contributed by atoms with E-state index in [1.807, 2.05) is 24.3 Å². The second kappa shape index (κ2) is 6.27. The van der Waals surface area contributed by atoms with Crippen LogP contribution in [0.25, 0.3) is 0 Å². The van der Waals surface area contributed by atoms with Crippen molar-refractivity contribution in [2.24, 2.45) is 5.92 Å². The monoisotopic (exact) mass is 274 g/mol. The lowest BCUT2D eigenvalue weighted by atomic mass is 9.95. The van der Waals surface area contributed by atoms with Crippen molar-refractivity contribution in [1.29, 1.82) is 0 Å². The summed E-state index contributed by atoms with van der Waals surface area (Å²) in [5, 5.41) is 6.57. The van der Waals surface area contributed by atoms with Crippen molar-refractivity contribution in [2.75, 3.05) is 19.7 Å². The van der Waals surface area contributed by atoms with Gasteiger partial charge >= 0.3 is 0 Å². The first-order chi connectivity index (χ1) is 9.83. The van der Waals surface area contributed by atoms with Crippen LogP contribution in [0.15, 0.2) is 24.3 Å². The molecule has 2 unspecified atom stereocenters. The van der Waals surface area contributed by atoms with Gasteiger partial charge in [0.15, 0.2) is 0 Å². The van der Waals surface area contributed by atoms with Crippen LogP contribution >= 0.6 is 0 Å². The number of benzene rings is 1. The number of para-hydroxylation sites is 1. The number of fused-ring (bicyclic) bond motifs is 1. The molecule has 0 saturated carbocycles. The molecule has 4 nitrogen and oxygen atoms in total. The van der Waals surface area contributed by atoms with Gasteiger partial charge in [-0.15, -0.1) is 0 Å². The van der Waals surface area contributed by atoms with Crippen molar-refractivity contribution in [1.82, 2.24) is 10.6 Å². The second-order valence-corrected chi connectivity index (χ2v) is 5.71. The third kappa shape index (κ3) is 3.12. The number of rotatable bonds is 2. The van der Waals surface area contributed by atoms with Crippen molar-refractivity contribution in [3.05, 3.63) is 29.8 Å². The molecule has 1 aromatic carbocycles. The molecular weight excluding hydrogens is 252 g/mol. The number of hydrogen-bond donors (Lipinski definition) is 2. The Balaban J connectivity index is 1.58. The van der Waals surface area contributed by atoms with Crippen LogP contribution in [-0.4, -0.2) is 31.6 Å². The molecule has 1 saturated heterocycles. The highest BCUT2D eigenvalue weighted by molar-refractivity contribution is 5.79. The van der Waals surface area contributed by atoms with Crippen molar-refractivity contribution in [2.45, 2.75) is 31.7 Å². The predicted octanol–water partition coefficient (Wildman–Crippen LogP) is 1.50. The van der Waals surface area contributed by atoms with E-state index in [0.29, 0.717) is 12.6 Å². The van der Waals surface area contributed by atoms with Crippen LogP contribution in [0.2, 0.25) is 0 Å². The zero-order valence-electron chi connectivity index (χ0n) is 11.7. The fraction of sp³-hybridized carbons (Fsp3) is 0.562. The lowest BCUT2D eigenvalue weighted by molar-refractivity contribution is -0.127. The molecule has 2 heterocycles. The van der Waals surface area contributed by atoms with Crippen molar-refractivity contribution in [3.8, 4) is 5.75 Å². The van der Waals surface area contributed by atoms with E-state index in [4.69, 9.17) is 4.74 Å². The number of hydrogen-bond acceptors (Lipinski definition) is 3. The molecule has 1 amide bonds. The molecule has 2 N–H and O–H groups in total. The molecule has 2 atom stereocenters. The normalized spacial score (nSPS) is 26.0. The molecule has 1 aromatic rings. The van der Waals surface area contributed by atoms with E-state index < -0.39 is 0 Å². The van der Waals surface area contributed by atoms with Crippen LogP contribution < -0.4 is 15.4 Å². The topological polar surface area (TPSA) is 50.4 Å². The van der Waals surface area contributed by atoms with Gasteiger partial charge in [0.25, 0.3) is 0 Å². The SMILES string of the molecule is O=C(NC1CCCNCC1)C1COc2ccccc2C1. The zero-order chi connectivity index (χ0) is 13.8. The van der Waals surface area contributed by atoms with Gasteiger partial charge in [-0.05, 0) is 50.4 Å². The standard InChI is InChI=1S/C16H22N2O2/c19-16(18-14-5-3-8-17-9-7-14)13-10-12-4-1-2-6-15(12)20-11-13/h1-2,4,6,13-14,17H,3,5,7-11H2,(H,18,19). The molecule has 2 aliphatic heterocycles. The lowest BCUT2D eigenvalue weighted by Gasteiger charge is -2.26. The minimum atomic E-state index is -0.0545. The largest absolute Gasteiger partial charge is 0.492 e. The van der Waals surface area contributed by atoms with Crippen molar-refractivity contribution < 1.29 is 9.53 Å². The van der Waals surface area contributed by atoms with Gasteiger partial charge in [-0.2, -0.15) is 0 Å². The van der Waals surface area contributed by atoms with Crippen LogP contribution in [0, 0.1) is 5.92 Å². The third-order valence-electron chi connectivity index (χ3n) is 4.17. The molecule has 1 fully saturated rings. The maximum atomic E-state index is 12.4. The first-order valence-corrected chi connectivity index (χ1v) is 7.55. The number of carbonyl (C=O) groups is 1. The van der Waals surface area contributed by atoms with Crippen LogP contribution in [0.4, 0.5) is 0 Å². The van der Waals surface area contributed by atoms with Crippen LogP contribution in [-0.2, 0) is 11.2 Å². The lowest BCUT2D eigenvalue weighted by Crippen LogP contribution is -2.42. The Bertz CT molecular complexity index is 467. The highest BCUT2D eigenvalue weighted by Gasteiger charge is 2.27. The maximum Gasteiger partial charge on any atom is 0.227 e. The van der Waals surface area contributed by atoms with E-state index in [2.05, 4.69) is 10.6 Å². The Kier molecular flexibility index (Phi) is 4.21. The van der Waals surface area contributed by atoms with Crippen LogP contribution in [0.1, 0.15) is 24.8 Å². The van der Waals surface area contributed by atoms with Gasteiger partial charge in [0, 0.05) is 6.04 Å². The highest BCUT2D eigenvalue weighted by Crippen LogP contribution is 2.27. The number of nitrogens with one attached hydrogen (secondary N) is 2. The molecule has 0 bridgehead atoms. The first-order valence-electron chi connectivity index (χ1n) is 7.55. The summed E-state index contributed by atoms with van der Waals surface area (Å²) in [6.45, 7) is 2.55. The van der Waals surface area contributed by atoms with Crippen molar-refractivity contribution >= 4 is 5.91 Å². The highest BCUT2D eigenvalue weighted by atomic mass is 16.5. The average Bonchev–Trinajstić information content (AvgIpc) is 2.75. The van der Waals surface area contributed by atoms with Gasteiger partial charge < -0.3 is 15.4 Å². The fourth-order valence-corrected chi connectivity index (χ4v) is 2.98. The smallest absolute Gasteiger partial charge is 0.227 e. The molecule has 0 aromatic heterocycles. The van der Waals surface area contributed by atoms with Gasteiger partial charge in [-0.25, -0.2) is 0 Å². The Morgan fingerprint density at radius 3 is 3.10 bits per heavy atom. The minimum Gasteiger partial charge on any atom is -0.492 e. The van der Waals surface area contributed by atoms with E-state index in [0.717, 1.165) is 50.1 Å². The van der Waals surface area contributed by atoms with E-state index in [1.165, 1.54) is 0 Å². The van der Waals surface area contributed by atoms with E-state index in [9.17, 15) is 4.79 Å². The first kappa shape index (κ1) is 13.4. The summed E-state index contributed by atoms with van der Waals surface area (Å²) in [5.74, 6) is 1.02. The molecule has 3 rings (SSSR count). The van der Waals surface area contributed by atoms with E-state index >= 15 is 0 Å². The molecule has 108 valence electrons. The average molecular weight is 274 g/mol. The minimum absolute atomic E-state index is 0.0545. The molecule has 0 aliphatic carbocycles. The van der Waals surface area contributed by atoms with Gasteiger partial charge in [-0.1, -0.05) is 18.2 Å². The Morgan fingerprint density at radius 1 is 1.25 bits per heavy atom. The molecule has 20 heavy (non-hydrogen) atoms. The molecule has 0 spiro atoms. The molecule has 0 radical (unpaired) electrons. The maximum absolute atomic E-state index is 12.4. The summed E-state index contributed by atoms with van der Waals surface area (Å²) in [4.78, 5) is 12.4. The summed E-state index contributed by atoms with van der Waals surface area (Å²) in [6, 6.07) is 8.30. The third-order valence-corrected chi connectivity index (χ3v) is 4.17. The Labute approximate surface area is 119 Å². The summed E-state index contributed by atoms with van der Waals surface area (Å²) >= 11 is 0. The van der Waals surface area contributed by atoms with Crippen molar-refractivity contribution in [3.63, 3.8) is 0 Å². The van der Waals surface area contributed by atoms with Gasteiger partial charge in [-0.3, -0.25) is 4.79 Å².